The minimum atomic E-state index is -0.160. The monoisotopic (exact) mass is 228 g/mol. The Morgan fingerprint density at radius 2 is 2.40 bits per heavy atom. The lowest BCUT2D eigenvalue weighted by Crippen LogP contribution is -2.17. The van der Waals surface area contributed by atoms with E-state index in [4.69, 9.17) is 9.15 Å². The van der Waals surface area contributed by atoms with Crippen LogP contribution in [0.3, 0.4) is 0 Å². The second-order valence-electron chi connectivity index (χ2n) is 3.26. The fraction of sp³-hybridized carbons (Fsp3) is 0.545. The molecule has 1 rings (SSSR count). The molecule has 3 nitrogen and oxygen atoms in total. The predicted molar refractivity (Wildman–Crippen MR) is 60.8 cm³/mol. The number of furan rings is 1. The van der Waals surface area contributed by atoms with Gasteiger partial charge in [0.1, 0.15) is 11.0 Å². The Balaban J connectivity index is 2.48. The molecule has 1 heterocycles. The van der Waals surface area contributed by atoms with Crippen LogP contribution in [0, 0.1) is 6.92 Å². The van der Waals surface area contributed by atoms with Gasteiger partial charge in [0.25, 0.3) is 0 Å². The predicted octanol–water partition coefficient (Wildman–Crippen LogP) is 2.77. The fourth-order valence-electron chi connectivity index (χ4n) is 1.21. The number of aryl methyl sites for hydroxylation is 1. The van der Waals surface area contributed by atoms with Crippen molar-refractivity contribution in [3.8, 4) is 0 Å². The maximum absolute atomic E-state index is 11.3. The second-order valence-corrected chi connectivity index (χ2v) is 4.45. The standard InChI is InChI=1S/C11H16O3S/c1-4-10(11(12)13-3)15-7-9-8(2)5-6-14-9/h5-6,10H,4,7H2,1-3H3. The van der Waals surface area contributed by atoms with Gasteiger partial charge in [-0.1, -0.05) is 6.92 Å². The zero-order chi connectivity index (χ0) is 11.3. The molecule has 0 bridgehead atoms. The number of ether oxygens (including phenoxy) is 1. The molecule has 1 aromatic heterocycles. The summed E-state index contributed by atoms with van der Waals surface area (Å²) in [5.41, 5.74) is 1.13. The molecule has 0 aliphatic heterocycles. The van der Waals surface area contributed by atoms with Crippen LogP contribution in [0.15, 0.2) is 16.7 Å². The number of esters is 1. The Bertz CT molecular complexity index is 319. The van der Waals surface area contributed by atoms with Crippen molar-refractivity contribution in [3.05, 3.63) is 23.7 Å². The number of carbonyl (C=O) groups is 1. The molecule has 0 amide bonds. The van der Waals surface area contributed by atoms with Crippen molar-refractivity contribution in [2.75, 3.05) is 7.11 Å². The summed E-state index contributed by atoms with van der Waals surface area (Å²) >= 11 is 1.56. The van der Waals surface area contributed by atoms with E-state index in [9.17, 15) is 4.79 Å². The molecule has 0 saturated heterocycles. The number of hydrogen-bond donors (Lipinski definition) is 0. The van der Waals surface area contributed by atoms with E-state index in [1.165, 1.54) is 7.11 Å². The van der Waals surface area contributed by atoms with Crippen LogP contribution in [-0.2, 0) is 15.3 Å². The van der Waals surface area contributed by atoms with Crippen molar-refractivity contribution in [1.82, 2.24) is 0 Å². The second kappa shape index (κ2) is 5.85. The number of thioether (sulfide) groups is 1. The lowest BCUT2D eigenvalue weighted by molar-refractivity contribution is -0.140. The molecule has 0 fully saturated rings. The van der Waals surface area contributed by atoms with E-state index in [-0.39, 0.29) is 11.2 Å². The van der Waals surface area contributed by atoms with Gasteiger partial charge in [-0.15, -0.1) is 11.8 Å². The lowest BCUT2D eigenvalue weighted by atomic mass is 10.3. The molecule has 15 heavy (non-hydrogen) atoms. The van der Waals surface area contributed by atoms with Crippen LogP contribution in [0.5, 0.6) is 0 Å². The molecule has 1 unspecified atom stereocenters. The summed E-state index contributed by atoms with van der Waals surface area (Å²) in [5, 5.41) is -0.0977. The van der Waals surface area contributed by atoms with Gasteiger partial charge in [0.05, 0.1) is 19.1 Å². The van der Waals surface area contributed by atoms with Crippen molar-refractivity contribution in [2.45, 2.75) is 31.3 Å². The molecule has 0 spiro atoms. The first-order valence-corrected chi connectivity index (χ1v) is 5.96. The summed E-state index contributed by atoms with van der Waals surface area (Å²) in [7, 11) is 1.42. The average Bonchev–Trinajstić information content (AvgIpc) is 2.65. The molecule has 0 aliphatic rings. The summed E-state index contributed by atoms with van der Waals surface area (Å²) < 4.78 is 10.0. The van der Waals surface area contributed by atoms with E-state index in [0.717, 1.165) is 17.7 Å². The highest BCUT2D eigenvalue weighted by Gasteiger charge is 2.18. The summed E-state index contributed by atoms with van der Waals surface area (Å²) in [6.07, 6.45) is 2.45. The molecule has 84 valence electrons. The van der Waals surface area contributed by atoms with E-state index in [1.807, 2.05) is 19.9 Å². The third kappa shape index (κ3) is 3.30. The average molecular weight is 228 g/mol. The molecule has 1 aromatic rings. The molecular weight excluding hydrogens is 212 g/mol. The van der Waals surface area contributed by atoms with Gasteiger partial charge in [0.2, 0.25) is 0 Å². The highest BCUT2D eigenvalue weighted by Crippen LogP contribution is 2.23. The van der Waals surface area contributed by atoms with Crippen LogP contribution >= 0.6 is 11.8 Å². The van der Waals surface area contributed by atoms with E-state index < -0.39 is 0 Å². The van der Waals surface area contributed by atoms with E-state index in [2.05, 4.69) is 0 Å². The van der Waals surface area contributed by atoms with Gasteiger partial charge >= 0.3 is 5.97 Å². The first-order valence-electron chi connectivity index (χ1n) is 4.91. The zero-order valence-corrected chi connectivity index (χ0v) is 10.1. The highest BCUT2D eigenvalue weighted by molar-refractivity contribution is 7.99. The third-order valence-corrected chi connectivity index (χ3v) is 3.58. The van der Waals surface area contributed by atoms with Gasteiger partial charge in [-0.2, -0.15) is 0 Å². The molecule has 0 aromatic carbocycles. The Hall–Kier alpha value is -0.900. The number of hydrogen-bond acceptors (Lipinski definition) is 4. The molecule has 4 heteroatoms. The molecular formula is C11H16O3S. The van der Waals surface area contributed by atoms with Crippen molar-refractivity contribution < 1.29 is 13.9 Å². The van der Waals surface area contributed by atoms with E-state index in [0.29, 0.717) is 5.75 Å². The Morgan fingerprint density at radius 1 is 1.67 bits per heavy atom. The van der Waals surface area contributed by atoms with Gasteiger partial charge in [0, 0.05) is 0 Å². The van der Waals surface area contributed by atoms with Crippen LogP contribution in [-0.4, -0.2) is 18.3 Å². The lowest BCUT2D eigenvalue weighted by Gasteiger charge is -2.10. The van der Waals surface area contributed by atoms with E-state index >= 15 is 0 Å². The van der Waals surface area contributed by atoms with Gasteiger partial charge in [-0.05, 0) is 25.0 Å². The summed E-state index contributed by atoms with van der Waals surface area (Å²) in [5.74, 6) is 1.49. The molecule has 0 aliphatic carbocycles. The van der Waals surface area contributed by atoms with Gasteiger partial charge in [-0.3, -0.25) is 4.79 Å². The summed E-state index contributed by atoms with van der Waals surface area (Å²) in [6.45, 7) is 3.97. The Labute approximate surface area is 94.2 Å². The van der Waals surface area contributed by atoms with Gasteiger partial charge in [0.15, 0.2) is 0 Å². The van der Waals surface area contributed by atoms with Crippen molar-refractivity contribution in [2.24, 2.45) is 0 Å². The highest BCUT2D eigenvalue weighted by atomic mass is 32.2. The quantitative estimate of drug-likeness (QED) is 0.726. The molecule has 0 N–H and O–H groups in total. The van der Waals surface area contributed by atoms with Gasteiger partial charge < -0.3 is 9.15 Å². The van der Waals surface area contributed by atoms with Gasteiger partial charge in [-0.25, -0.2) is 0 Å². The van der Waals surface area contributed by atoms with Crippen LogP contribution in [0.1, 0.15) is 24.7 Å². The minimum Gasteiger partial charge on any atom is -0.468 e. The van der Waals surface area contributed by atoms with Crippen LogP contribution in [0.4, 0.5) is 0 Å². The SMILES string of the molecule is CCC(SCc1occc1C)C(=O)OC. The normalized spacial score (nSPS) is 12.5. The van der Waals surface area contributed by atoms with Crippen molar-refractivity contribution in [3.63, 3.8) is 0 Å². The first-order chi connectivity index (χ1) is 7.19. The Kier molecular flexibility index (Phi) is 4.75. The van der Waals surface area contributed by atoms with Crippen LogP contribution in [0.25, 0.3) is 0 Å². The Morgan fingerprint density at radius 3 is 2.87 bits per heavy atom. The third-order valence-electron chi connectivity index (χ3n) is 2.22. The number of rotatable bonds is 5. The van der Waals surface area contributed by atoms with Crippen molar-refractivity contribution in [1.29, 1.82) is 0 Å². The number of methoxy groups -OCH3 is 1. The first kappa shape index (κ1) is 12.2. The maximum Gasteiger partial charge on any atom is 0.318 e. The molecule has 0 radical (unpaired) electrons. The van der Waals surface area contributed by atoms with Crippen LogP contribution in [0.2, 0.25) is 0 Å². The number of carbonyl (C=O) groups excluding carboxylic acids is 1. The largest absolute Gasteiger partial charge is 0.468 e. The minimum absolute atomic E-state index is 0.0977. The summed E-state index contributed by atoms with van der Waals surface area (Å²) in [6, 6.07) is 1.93. The molecule has 1 atom stereocenters. The fourth-order valence-corrected chi connectivity index (χ4v) is 2.33. The zero-order valence-electron chi connectivity index (χ0n) is 9.28. The maximum atomic E-state index is 11.3. The summed E-state index contributed by atoms with van der Waals surface area (Å²) in [4.78, 5) is 11.3. The van der Waals surface area contributed by atoms with Crippen molar-refractivity contribution >= 4 is 17.7 Å². The molecule has 0 saturated carbocycles. The van der Waals surface area contributed by atoms with Crippen LogP contribution < -0.4 is 0 Å². The smallest absolute Gasteiger partial charge is 0.318 e. The topological polar surface area (TPSA) is 39.4 Å². The van der Waals surface area contributed by atoms with E-state index in [1.54, 1.807) is 18.0 Å².